The van der Waals surface area contributed by atoms with Crippen LogP contribution in [0.1, 0.15) is 31.5 Å². The number of para-hydroxylation sites is 2. The zero-order chi connectivity index (χ0) is 23.1. The van der Waals surface area contributed by atoms with Crippen LogP contribution in [0.5, 0.6) is 0 Å². The third-order valence-electron chi connectivity index (χ3n) is 4.95. The van der Waals surface area contributed by atoms with E-state index < -0.39 is 0 Å². The van der Waals surface area contributed by atoms with E-state index in [4.69, 9.17) is 0 Å². The summed E-state index contributed by atoms with van der Waals surface area (Å²) < 4.78 is 2.34. The van der Waals surface area contributed by atoms with E-state index in [0.717, 1.165) is 10.0 Å². The maximum absolute atomic E-state index is 13.1. The summed E-state index contributed by atoms with van der Waals surface area (Å²) >= 11 is 3.47. The molecule has 0 saturated heterocycles. The summed E-state index contributed by atoms with van der Waals surface area (Å²) in [5.74, 6) is -0.0457. The Bertz CT molecular complexity index is 1170. The molecule has 1 heterocycles. The predicted molar refractivity (Wildman–Crippen MR) is 128 cm³/mol. The molecule has 7 nitrogen and oxygen atoms in total. The van der Waals surface area contributed by atoms with Crippen LogP contribution in [-0.2, 0) is 29.1 Å². The number of fused-ring (bicyclic) bond motifs is 1. The van der Waals surface area contributed by atoms with Crippen molar-refractivity contribution < 1.29 is 9.59 Å². The predicted octanol–water partition coefficient (Wildman–Crippen LogP) is 3.18. The van der Waals surface area contributed by atoms with Crippen molar-refractivity contribution in [2.75, 3.05) is 6.54 Å². The summed E-state index contributed by atoms with van der Waals surface area (Å²) in [6, 6.07) is 14.8. The number of halogens is 1. The lowest BCUT2D eigenvalue weighted by Crippen LogP contribution is -2.34. The number of aryl methyl sites for hydroxylation is 1. The number of aromatic nitrogens is 2. The summed E-state index contributed by atoms with van der Waals surface area (Å²) in [7, 11) is 0. The molecule has 0 radical (unpaired) electrons. The molecule has 0 fully saturated rings. The number of carbonyl (C=O) groups is 2. The lowest BCUT2D eigenvalue weighted by molar-refractivity contribution is -0.122. The van der Waals surface area contributed by atoms with Crippen LogP contribution < -0.4 is 16.2 Å². The molecule has 168 valence electrons. The van der Waals surface area contributed by atoms with Crippen LogP contribution >= 0.6 is 15.9 Å². The standard InChI is InChI=1S/C24H27BrN4O3/c1-16(2)13-26-22(30)12-11-20-24(32)29(21-10-6-5-9-19(21)28-20)15-23(31)27-14-17-7-3-4-8-18(17)25/h3-10,16H,11-15H2,1-2H3,(H,26,30)(H,27,31). The second kappa shape index (κ2) is 11.0. The van der Waals surface area contributed by atoms with Crippen LogP contribution in [0.3, 0.4) is 0 Å². The van der Waals surface area contributed by atoms with Crippen molar-refractivity contribution in [1.82, 2.24) is 20.2 Å². The van der Waals surface area contributed by atoms with Crippen molar-refractivity contribution in [3.63, 3.8) is 0 Å². The van der Waals surface area contributed by atoms with Crippen molar-refractivity contribution in [1.29, 1.82) is 0 Å². The Balaban J connectivity index is 1.77. The van der Waals surface area contributed by atoms with Crippen LogP contribution in [0.25, 0.3) is 11.0 Å². The molecule has 2 aromatic carbocycles. The van der Waals surface area contributed by atoms with Gasteiger partial charge in [-0.05, 0) is 29.7 Å². The maximum Gasteiger partial charge on any atom is 0.273 e. The average Bonchev–Trinajstić information content (AvgIpc) is 2.78. The Hall–Kier alpha value is -3.00. The molecule has 8 heteroatoms. The van der Waals surface area contributed by atoms with E-state index in [2.05, 4.69) is 31.5 Å². The largest absolute Gasteiger partial charge is 0.356 e. The summed E-state index contributed by atoms with van der Waals surface area (Å²) in [6.07, 6.45) is 0.383. The van der Waals surface area contributed by atoms with E-state index in [1.54, 1.807) is 18.2 Å². The zero-order valence-corrected chi connectivity index (χ0v) is 19.8. The number of benzene rings is 2. The van der Waals surface area contributed by atoms with E-state index >= 15 is 0 Å². The zero-order valence-electron chi connectivity index (χ0n) is 18.2. The first-order chi connectivity index (χ1) is 15.3. The summed E-state index contributed by atoms with van der Waals surface area (Å²) in [4.78, 5) is 42.3. The highest BCUT2D eigenvalue weighted by molar-refractivity contribution is 9.10. The Labute approximate surface area is 195 Å². The van der Waals surface area contributed by atoms with Gasteiger partial charge in [-0.2, -0.15) is 0 Å². The fourth-order valence-corrected chi connectivity index (χ4v) is 3.66. The monoisotopic (exact) mass is 498 g/mol. The van der Waals surface area contributed by atoms with Crippen LogP contribution in [0.4, 0.5) is 0 Å². The molecule has 32 heavy (non-hydrogen) atoms. The first-order valence-corrected chi connectivity index (χ1v) is 11.4. The van der Waals surface area contributed by atoms with Crippen LogP contribution in [0, 0.1) is 5.92 Å². The van der Waals surface area contributed by atoms with Gasteiger partial charge < -0.3 is 10.6 Å². The molecule has 2 N–H and O–H groups in total. The van der Waals surface area contributed by atoms with Gasteiger partial charge in [0.1, 0.15) is 12.2 Å². The molecule has 0 saturated carbocycles. The molecule has 0 bridgehead atoms. The highest BCUT2D eigenvalue weighted by Crippen LogP contribution is 2.15. The first kappa shape index (κ1) is 23.7. The Kier molecular flexibility index (Phi) is 8.16. The number of nitrogens with zero attached hydrogens (tertiary/aromatic N) is 2. The van der Waals surface area contributed by atoms with Gasteiger partial charge >= 0.3 is 0 Å². The number of hydrogen-bond acceptors (Lipinski definition) is 4. The molecule has 0 aliphatic rings. The molecule has 2 amide bonds. The summed E-state index contributed by atoms with van der Waals surface area (Å²) in [5, 5.41) is 5.71. The molecular formula is C24H27BrN4O3. The Morgan fingerprint density at radius 2 is 1.75 bits per heavy atom. The van der Waals surface area contributed by atoms with Gasteiger partial charge in [-0.1, -0.05) is 60.1 Å². The van der Waals surface area contributed by atoms with Gasteiger partial charge in [-0.15, -0.1) is 0 Å². The van der Waals surface area contributed by atoms with Gasteiger partial charge in [0.25, 0.3) is 5.56 Å². The molecular weight excluding hydrogens is 472 g/mol. The van der Waals surface area contributed by atoms with Crippen LogP contribution in [0.2, 0.25) is 0 Å². The Morgan fingerprint density at radius 1 is 1.03 bits per heavy atom. The third-order valence-corrected chi connectivity index (χ3v) is 5.73. The van der Waals surface area contributed by atoms with Crippen molar-refractivity contribution in [3.8, 4) is 0 Å². The normalized spacial score (nSPS) is 11.0. The number of rotatable bonds is 9. The summed E-state index contributed by atoms with van der Waals surface area (Å²) in [6.45, 7) is 4.85. The number of nitrogens with one attached hydrogen (secondary N) is 2. The van der Waals surface area contributed by atoms with Crippen molar-refractivity contribution in [3.05, 3.63) is 74.6 Å². The van der Waals surface area contributed by atoms with Gasteiger partial charge in [0, 0.05) is 30.4 Å². The number of carbonyl (C=O) groups excluding carboxylic acids is 2. The molecule has 0 aliphatic carbocycles. The number of hydrogen-bond donors (Lipinski definition) is 2. The minimum Gasteiger partial charge on any atom is -0.356 e. The quantitative estimate of drug-likeness (QED) is 0.473. The first-order valence-electron chi connectivity index (χ1n) is 10.6. The third kappa shape index (κ3) is 6.26. The van der Waals surface area contributed by atoms with Gasteiger partial charge in [0.05, 0.1) is 11.0 Å². The van der Waals surface area contributed by atoms with E-state index in [1.807, 2.05) is 44.2 Å². The molecule has 0 aliphatic heterocycles. The van der Waals surface area contributed by atoms with Gasteiger partial charge in [-0.3, -0.25) is 19.0 Å². The van der Waals surface area contributed by atoms with Crippen molar-refractivity contribution in [2.24, 2.45) is 5.92 Å². The second-order valence-electron chi connectivity index (χ2n) is 8.00. The van der Waals surface area contributed by atoms with E-state index in [9.17, 15) is 14.4 Å². The van der Waals surface area contributed by atoms with Gasteiger partial charge in [0.2, 0.25) is 11.8 Å². The van der Waals surface area contributed by atoms with Gasteiger partial charge in [0.15, 0.2) is 0 Å². The lowest BCUT2D eigenvalue weighted by Gasteiger charge is -2.13. The molecule has 3 aromatic rings. The SMILES string of the molecule is CC(C)CNC(=O)CCc1nc2ccccc2n(CC(=O)NCc2ccccc2Br)c1=O. The van der Waals surface area contributed by atoms with Crippen LogP contribution in [0.15, 0.2) is 57.8 Å². The highest BCUT2D eigenvalue weighted by Gasteiger charge is 2.15. The fourth-order valence-electron chi connectivity index (χ4n) is 3.24. The topological polar surface area (TPSA) is 93.1 Å². The van der Waals surface area contributed by atoms with Crippen molar-refractivity contribution in [2.45, 2.75) is 39.8 Å². The van der Waals surface area contributed by atoms with Gasteiger partial charge in [-0.25, -0.2) is 4.98 Å². The van der Waals surface area contributed by atoms with Crippen LogP contribution in [-0.4, -0.2) is 27.9 Å². The van der Waals surface area contributed by atoms with Crippen molar-refractivity contribution >= 4 is 38.8 Å². The fraction of sp³-hybridized carbons (Fsp3) is 0.333. The highest BCUT2D eigenvalue weighted by atomic mass is 79.9. The molecule has 3 rings (SSSR count). The summed E-state index contributed by atoms with van der Waals surface area (Å²) in [5.41, 5.74) is 2.07. The Morgan fingerprint density at radius 3 is 2.50 bits per heavy atom. The molecule has 0 unspecified atom stereocenters. The smallest absolute Gasteiger partial charge is 0.273 e. The maximum atomic E-state index is 13.1. The van der Waals surface area contributed by atoms with E-state index in [0.29, 0.717) is 30.0 Å². The molecule has 0 atom stereocenters. The molecule has 0 spiro atoms. The minimum absolute atomic E-state index is 0.120. The minimum atomic E-state index is -0.351. The molecule has 1 aromatic heterocycles. The lowest BCUT2D eigenvalue weighted by atomic mass is 10.2. The number of amides is 2. The second-order valence-corrected chi connectivity index (χ2v) is 8.86. The average molecular weight is 499 g/mol. The van der Waals surface area contributed by atoms with E-state index in [-0.39, 0.29) is 42.5 Å². The van der Waals surface area contributed by atoms with E-state index in [1.165, 1.54) is 4.57 Å².